The highest BCUT2D eigenvalue weighted by atomic mass is 16.5. The molecule has 3 aromatic rings. The summed E-state index contributed by atoms with van der Waals surface area (Å²) in [6.07, 6.45) is 0. The van der Waals surface area contributed by atoms with Crippen LogP contribution < -0.4 is 10.8 Å². The van der Waals surface area contributed by atoms with Gasteiger partial charge in [-0.2, -0.15) is 0 Å². The molecule has 2 aromatic carbocycles. The lowest BCUT2D eigenvalue weighted by atomic mass is 10.2. The summed E-state index contributed by atoms with van der Waals surface area (Å²) >= 11 is 0. The van der Waals surface area contributed by atoms with Crippen LogP contribution in [0.1, 0.15) is 11.4 Å². The maximum absolute atomic E-state index is 8.71. The zero-order chi connectivity index (χ0) is 15.5. The van der Waals surface area contributed by atoms with Crippen molar-refractivity contribution in [2.24, 2.45) is 7.05 Å². The third-order valence-corrected chi connectivity index (χ3v) is 3.55. The number of nitrogens with zero attached hydrogens (tertiary/aromatic N) is 2. The molecule has 0 unspecified atom stereocenters. The Bertz CT molecular complexity index is 807. The Kier molecular flexibility index (Phi) is 3.76. The number of fused-ring (bicyclic) bond motifs is 1. The quantitative estimate of drug-likeness (QED) is 0.338. The summed E-state index contributed by atoms with van der Waals surface area (Å²) in [5.41, 5.74) is 5.38. The van der Waals surface area contributed by atoms with Gasteiger partial charge in [0.2, 0.25) is 0 Å². The van der Waals surface area contributed by atoms with Crippen molar-refractivity contribution >= 4 is 22.6 Å². The van der Waals surface area contributed by atoms with Gasteiger partial charge in [0.25, 0.3) is 0 Å². The van der Waals surface area contributed by atoms with Gasteiger partial charge in [0.15, 0.2) is 0 Å². The van der Waals surface area contributed by atoms with Crippen LogP contribution in [0.5, 0.6) is 0 Å². The lowest BCUT2D eigenvalue weighted by Gasteiger charge is -2.08. The second kappa shape index (κ2) is 5.87. The van der Waals surface area contributed by atoms with Crippen LogP contribution in [0.3, 0.4) is 0 Å². The monoisotopic (exact) mass is 294 g/mol. The summed E-state index contributed by atoms with van der Waals surface area (Å²) in [7, 11) is 1.99. The highest BCUT2D eigenvalue weighted by molar-refractivity contribution is 5.95. The molecule has 0 aliphatic heterocycles. The molecule has 0 aliphatic carbocycles. The molecule has 22 heavy (non-hydrogen) atoms. The number of hydroxylamine groups is 1. The normalized spacial score (nSPS) is 10.6. The second-order valence-electron chi connectivity index (χ2n) is 4.92. The van der Waals surface area contributed by atoms with Crippen molar-refractivity contribution in [2.75, 3.05) is 5.32 Å². The molecule has 1 heterocycles. The first-order valence-corrected chi connectivity index (χ1v) is 6.83. The van der Waals surface area contributed by atoms with Crippen LogP contribution in [0, 0.1) is 11.5 Å². The minimum absolute atomic E-state index is 0.0295. The van der Waals surface area contributed by atoms with Crippen LogP contribution >= 0.6 is 0 Å². The Morgan fingerprint density at radius 3 is 2.77 bits per heavy atom. The van der Waals surface area contributed by atoms with Crippen LogP contribution in [0.25, 0.3) is 11.0 Å². The molecule has 6 nitrogen and oxygen atoms in total. The van der Waals surface area contributed by atoms with Crippen molar-refractivity contribution < 1.29 is 5.21 Å². The summed E-state index contributed by atoms with van der Waals surface area (Å²) in [5, 5.41) is 19.5. The van der Waals surface area contributed by atoms with E-state index >= 15 is 0 Å². The lowest BCUT2D eigenvalue weighted by Crippen LogP contribution is -2.18. The fraction of sp³-hybridized carbons (Fsp3) is 0.125. The van der Waals surface area contributed by atoms with Crippen molar-refractivity contribution in [2.45, 2.75) is 6.54 Å². The number of amidine groups is 1. The van der Waals surface area contributed by atoms with Crippen molar-refractivity contribution in [1.82, 2.24) is 15.0 Å². The average molecular weight is 294 g/mol. The van der Waals surface area contributed by atoms with Crippen molar-refractivity contribution in [3.05, 3.63) is 59.9 Å². The number of aryl methyl sites for hydroxylation is 1. The number of anilines is 1. The third kappa shape index (κ3) is 2.64. The first-order chi connectivity index (χ1) is 10.7. The predicted octanol–water partition coefficient (Wildman–Crippen LogP) is 2.29. The Morgan fingerprint density at radius 1 is 1.32 bits per heavy atom. The molecule has 0 fully saturated rings. The SMILES string of the molecule is Cn1c(CNc2ccc(C(=N)NO)cc2)nc2c[c]ccc21. The van der Waals surface area contributed by atoms with Crippen molar-refractivity contribution in [1.29, 1.82) is 5.41 Å². The van der Waals surface area contributed by atoms with Gasteiger partial charge in [-0.3, -0.25) is 16.1 Å². The molecule has 4 N–H and O–H groups in total. The maximum Gasteiger partial charge on any atom is 0.149 e. The Morgan fingerprint density at radius 2 is 2.09 bits per heavy atom. The molecule has 6 heteroatoms. The molecule has 0 aliphatic rings. The van der Waals surface area contributed by atoms with E-state index in [1.165, 1.54) is 0 Å². The molecule has 0 atom stereocenters. The number of hydrogen-bond acceptors (Lipinski definition) is 4. The highest BCUT2D eigenvalue weighted by Gasteiger charge is 2.07. The number of nitrogens with one attached hydrogen (secondary N) is 3. The molecule has 0 amide bonds. The molecular formula is C16H16N5O. The van der Waals surface area contributed by atoms with Crippen LogP contribution in [0.4, 0.5) is 5.69 Å². The molecule has 0 bridgehead atoms. The maximum atomic E-state index is 8.71. The van der Waals surface area contributed by atoms with Gasteiger partial charge >= 0.3 is 0 Å². The van der Waals surface area contributed by atoms with E-state index in [1.54, 1.807) is 12.1 Å². The second-order valence-corrected chi connectivity index (χ2v) is 4.92. The van der Waals surface area contributed by atoms with Crippen LogP contribution in [-0.4, -0.2) is 20.6 Å². The Labute approximate surface area is 127 Å². The summed E-state index contributed by atoms with van der Waals surface area (Å²) < 4.78 is 2.05. The van der Waals surface area contributed by atoms with Gasteiger partial charge in [-0.15, -0.1) is 0 Å². The zero-order valence-corrected chi connectivity index (χ0v) is 12.1. The average Bonchev–Trinajstić information content (AvgIpc) is 2.89. The predicted molar refractivity (Wildman–Crippen MR) is 85.1 cm³/mol. The van der Waals surface area contributed by atoms with Gasteiger partial charge in [0.05, 0.1) is 17.6 Å². The van der Waals surface area contributed by atoms with E-state index in [0.717, 1.165) is 22.5 Å². The number of benzene rings is 2. The first kappa shape index (κ1) is 14.1. The lowest BCUT2D eigenvalue weighted by molar-refractivity contribution is 0.234. The molecule has 0 saturated carbocycles. The third-order valence-electron chi connectivity index (χ3n) is 3.55. The van der Waals surface area contributed by atoms with Gasteiger partial charge in [-0.25, -0.2) is 4.98 Å². The van der Waals surface area contributed by atoms with E-state index in [9.17, 15) is 0 Å². The van der Waals surface area contributed by atoms with Crippen LogP contribution in [-0.2, 0) is 13.6 Å². The number of imidazole rings is 1. The van der Waals surface area contributed by atoms with Gasteiger partial charge in [0, 0.05) is 18.3 Å². The van der Waals surface area contributed by atoms with Gasteiger partial charge in [0.1, 0.15) is 11.7 Å². The highest BCUT2D eigenvalue weighted by Crippen LogP contribution is 2.16. The number of rotatable bonds is 4. The van der Waals surface area contributed by atoms with E-state index in [4.69, 9.17) is 10.6 Å². The van der Waals surface area contributed by atoms with Gasteiger partial charge < -0.3 is 9.88 Å². The molecule has 1 aromatic heterocycles. The number of aromatic nitrogens is 2. The molecular weight excluding hydrogens is 278 g/mol. The summed E-state index contributed by atoms with van der Waals surface area (Å²) in [6.45, 7) is 0.597. The van der Waals surface area contributed by atoms with E-state index in [1.807, 2.05) is 42.9 Å². The molecule has 1 radical (unpaired) electrons. The van der Waals surface area contributed by atoms with E-state index < -0.39 is 0 Å². The van der Waals surface area contributed by atoms with Crippen molar-refractivity contribution in [3.63, 3.8) is 0 Å². The van der Waals surface area contributed by atoms with E-state index in [0.29, 0.717) is 12.1 Å². The topological polar surface area (TPSA) is 86.0 Å². The number of hydrogen-bond donors (Lipinski definition) is 4. The molecule has 0 spiro atoms. The Hall–Kier alpha value is -2.86. The molecule has 0 saturated heterocycles. The van der Waals surface area contributed by atoms with Crippen LogP contribution in [0.15, 0.2) is 42.5 Å². The van der Waals surface area contributed by atoms with Crippen molar-refractivity contribution in [3.8, 4) is 0 Å². The molecule has 3 rings (SSSR count). The zero-order valence-electron chi connectivity index (χ0n) is 12.1. The van der Waals surface area contributed by atoms with Gasteiger partial charge in [-0.05, 0) is 42.5 Å². The summed E-state index contributed by atoms with van der Waals surface area (Å²) in [6, 6.07) is 16.0. The first-order valence-electron chi connectivity index (χ1n) is 6.83. The minimum Gasteiger partial charge on any atom is -0.378 e. The fourth-order valence-electron chi connectivity index (χ4n) is 2.30. The summed E-state index contributed by atoms with van der Waals surface area (Å²) in [4.78, 5) is 4.58. The Balaban J connectivity index is 1.74. The van der Waals surface area contributed by atoms with Crippen LogP contribution in [0.2, 0.25) is 0 Å². The van der Waals surface area contributed by atoms with E-state index in [-0.39, 0.29) is 5.84 Å². The standard InChI is InChI=1S/C16H16N5O/c1-21-14-5-3-2-4-13(14)19-15(21)10-18-12-8-6-11(7-9-12)16(17)20-22/h3-9,18,22H,10H2,1H3,(H2,17,20). The van der Waals surface area contributed by atoms with Gasteiger partial charge in [-0.1, -0.05) is 6.07 Å². The fourth-order valence-corrected chi connectivity index (χ4v) is 2.30. The summed E-state index contributed by atoms with van der Waals surface area (Å²) in [5.74, 6) is 0.904. The van der Waals surface area contributed by atoms with E-state index in [2.05, 4.69) is 20.9 Å². The smallest absolute Gasteiger partial charge is 0.149 e. The largest absolute Gasteiger partial charge is 0.378 e. The molecule has 111 valence electrons. The minimum atomic E-state index is -0.0295.